The lowest BCUT2D eigenvalue weighted by molar-refractivity contribution is -0.119. The number of hydrogen-bond donors (Lipinski definition) is 0. The van der Waals surface area contributed by atoms with Gasteiger partial charge in [0.05, 0.1) is 13.0 Å². The largest absolute Gasteiger partial charge is 0.496 e. The molecule has 0 bridgehead atoms. The molecule has 0 spiro atoms. The van der Waals surface area contributed by atoms with Gasteiger partial charge >= 0.3 is 0 Å². The average Bonchev–Trinajstić information content (AvgIpc) is 3.13. The van der Waals surface area contributed by atoms with Crippen molar-refractivity contribution in [2.24, 2.45) is 10.2 Å². The summed E-state index contributed by atoms with van der Waals surface area (Å²) in [5.74, 6) is -0.214. The van der Waals surface area contributed by atoms with Gasteiger partial charge in [-0.25, -0.2) is 0 Å². The average molecular weight is 464 g/mol. The Labute approximate surface area is 197 Å². The normalized spacial score (nSPS) is 18.6. The van der Waals surface area contributed by atoms with E-state index in [0.29, 0.717) is 16.3 Å². The number of nitrogens with zero attached hydrogens (tertiary/aromatic N) is 3. The number of carbonyl (C=O) groups is 1. The molecule has 1 heterocycles. The zero-order valence-corrected chi connectivity index (χ0v) is 19.5. The van der Waals surface area contributed by atoms with Crippen LogP contribution >= 0.6 is 23.8 Å². The van der Waals surface area contributed by atoms with Crippen LogP contribution in [0.4, 0.5) is 5.69 Å². The summed E-state index contributed by atoms with van der Waals surface area (Å²) in [4.78, 5) is 15.1. The van der Waals surface area contributed by atoms with Crippen molar-refractivity contribution in [2.75, 3.05) is 12.0 Å². The van der Waals surface area contributed by atoms with Crippen molar-refractivity contribution in [1.82, 2.24) is 0 Å². The Balaban J connectivity index is 2.05. The Morgan fingerprint density at radius 3 is 2.34 bits per heavy atom. The van der Waals surface area contributed by atoms with E-state index < -0.39 is 11.6 Å². The number of ether oxygens (including phenoxy) is 1. The van der Waals surface area contributed by atoms with Gasteiger partial charge in [-0.1, -0.05) is 59.6 Å². The van der Waals surface area contributed by atoms with Crippen LogP contribution in [0, 0.1) is 6.92 Å². The number of thiocarbonyl (C=S) groups is 1. The summed E-state index contributed by atoms with van der Waals surface area (Å²) in [7, 11) is 1.60. The first kappa shape index (κ1) is 22.1. The summed E-state index contributed by atoms with van der Waals surface area (Å²) in [5.41, 5.74) is 2.09. The highest BCUT2D eigenvalue weighted by Gasteiger charge is 2.55. The Hall–Kier alpha value is -3.09. The van der Waals surface area contributed by atoms with Crippen LogP contribution in [0.2, 0.25) is 5.02 Å². The van der Waals surface area contributed by atoms with Gasteiger partial charge in [0.2, 0.25) is 10.8 Å². The SMILES string of the molecule is COc1ccccc1C1(C(C(C)=O)c2ccc(Cl)cc2)N=NC(=S)N1c1ccc(C)cc1. The van der Waals surface area contributed by atoms with Crippen LogP contribution in [0.1, 0.15) is 29.5 Å². The molecule has 162 valence electrons. The number of carbonyl (C=O) groups excluding carboxylic acids is 1. The number of rotatable bonds is 6. The lowest BCUT2D eigenvalue weighted by Gasteiger charge is -2.41. The van der Waals surface area contributed by atoms with E-state index in [9.17, 15) is 4.79 Å². The van der Waals surface area contributed by atoms with E-state index in [1.54, 1.807) is 26.2 Å². The van der Waals surface area contributed by atoms with Crippen molar-refractivity contribution in [3.63, 3.8) is 0 Å². The summed E-state index contributed by atoms with van der Waals surface area (Å²) in [6, 6.07) is 22.6. The van der Waals surface area contributed by atoms with Crippen LogP contribution < -0.4 is 9.64 Å². The van der Waals surface area contributed by atoms with Gasteiger partial charge in [-0.05, 0) is 62.0 Å². The summed E-state index contributed by atoms with van der Waals surface area (Å²) in [5, 5.41) is 9.88. The second-order valence-electron chi connectivity index (χ2n) is 7.68. The highest BCUT2D eigenvalue weighted by molar-refractivity contribution is 7.80. The number of Topliss-reactive ketones (excluding diaryl/α,β-unsaturated/α-hetero) is 1. The van der Waals surface area contributed by atoms with E-state index in [4.69, 9.17) is 33.7 Å². The molecule has 1 aliphatic rings. The maximum Gasteiger partial charge on any atom is 0.222 e. The molecule has 0 saturated heterocycles. The molecule has 32 heavy (non-hydrogen) atoms. The van der Waals surface area contributed by atoms with Crippen molar-refractivity contribution in [1.29, 1.82) is 0 Å². The number of halogens is 1. The molecule has 0 N–H and O–H groups in total. The first-order chi connectivity index (χ1) is 15.4. The Morgan fingerprint density at radius 2 is 1.72 bits per heavy atom. The quantitative estimate of drug-likeness (QED) is 0.395. The molecule has 1 aliphatic heterocycles. The molecular weight excluding hydrogens is 442 g/mol. The van der Waals surface area contributed by atoms with Gasteiger partial charge in [0.15, 0.2) is 0 Å². The highest BCUT2D eigenvalue weighted by Crippen LogP contribution is 2.52. The summed E-state index contributed by atoms with van der Waals surface area (Å²) < 4.78 is 5.70. The van der Waals surface area contributed by atoms with E-state index in [2.05, 4.69) is 5.11 Å². The number of azo groups is 1. The topological polar surface area (TPSA) is 54.3 Å². The fourth-order valence-corrected chi connectivity index (χ4v) is 4.64. The smallest absolute Gasteiger partial charge is 0.222 e. The van der Waals surface area contributed by atoms with Crippen molar-refractivity contribution < 1.29 is 9.53 Å². The number of hydrogen-bond acceptors (Lipinski definition) is 4. The Bertz CT molecular complexity index is 1190. The number of benzene rings is 3. The molecule has 3 aromatic rings. The number of methoxy groups -OCH3 is 1. The molecule has 5 nitrogen and oxygen atoms in total. The van der Waals surface area contributed by atoms with Crippen LogP contribution in [-0.2, 0) is 10.5 Å². The molecule has 2 unspecified atom stereocenters. The van der Waals surface area contributed by atoms with Crippen molar-refractivity contribution in [3.8, 4) is 5.75 Å². The first-order valence-corrected chi connectivity index (χ1v) is 10.9. The monoisotopic (exact) mass is 463 g/mol. The first-order valence-electron chi connectivity index (χ1n) is 10.1. The lowest BCUT2D eigenvalue weighted by Crippen LogP contribution is -2.50. The van der Waals surface area contributed by atoms with E-state index in [0.717, 1.165) is 16.8 Å². The summed E-state index contributed by atoms with van der Waals surface area (Å²) in [6.45, 7) is 3.57. The maximum atomic E-state index is 13.3. The fraction of sp³-hybridized carbons (Fsp3) is 0.200. The molecule has 0 amide bonds. The van der Waals surface area contributed by atoms with E-state index in [1.165, 1.54) is 0 Å². The maximum absolute atomic E-state index is 13.3. The van der Waals surface area contributed by atoms with Gasteiger partial charge in [-0.15, -0.1) is 5.11 Å². The molecule has 0 saturated carbocycles. The Kier molecular flexibility index (Phi) is 6.09. The van der Waals surface area contributed by atoms with Gasteiger partial charge in [0.1, 0.15) is 11.5 Å². The van der Waals surface area contributed by atoms with E-state index in [1.807, 2.05) is 72.5 Å². The molecule has 0 fully saturated rings. The van der Waals surface area contributed by atoms with Crippen LogP contribution in [0.5, 0.6) is 5.75 Å². The molecule has 2 atom stereocenters. The number of ketones is 1. The summed E-state index contributed by atoms with van der Waals surface area (Å²) in [6.07, 6.45) is 0. The van der Waals surface area contributed by atoms with Crippen LogP contribution in [-0.4, -0.2) is 18.0 Å². The highest BCUT2D eigenvalue weighted by atomic mass is 35.5. The third kappa shape index (κ3) is 3.70. The molecule has 0 aliphatic carbocycles. The van der Waals surface area contributed by atoms with Crippen molar-refractivity contribution >= 4 is 40.4 Å². The van der Waals surface area contributed by atoms with E-state index in [-0.39, 0.29) is 10.9 Å². The van der Waals surface area contributed by atoms with Gasteiger partial charge in [-0.2, -0.15) is 5.11 Å². The standard InChI is InChI=1S/C25H22ClN3O2S/c1-16-8-14-20(15-9-16)29-24(32)27-28-25(29,21-6-4-5-7-22(21)31-3)23(17(2)30)18-10-12-19(26)13-11-18/h4-15,23H,1-3H3. The molecule has 3 aromatic carbocycles. The van der Waals surface area contributed by atoms with Gasteiger partial charge in [0.25, 0.3) is 0 Å². The number of aryl methyl sites for hydroxylation is 1. The second-order valence-corrected chi connectivity index (χ2v) is 8.48. The third-order valence-corrected chi connectivity index (χ3v) is 6.14. The van der Waals surface area contributed by atoms with Crippen LogP contribution in [0.25, 0.3) is 0 Å². The van der Waals surface area contributed by atoms with Crippen LogP contribution in [0.15, 0.2) is 83.0 Å². The zero-order chi connectivity index (χ0) is 22.9. The molecule has 0 radical (unpaired) electrons. The predicted octanol–water partition coefficient (Wildman–Crippen LogP) is 6.44. The lowest BCUT2D eigenvalue weighted by atomic mass is 9.77. The predicted molar refractivity (Wildman–Crippen MR) is 131 cm³/mol. The minimum Gasteiger partial charge on any atom is -0.496 e. The number of para-hydroxylation sites is 1. The van der Waals surface area contributed by atoms with Crippen LogP contribution in [0.3, 0.4) is 0 Å². The van der Waals surface area contributed by atoms with Gasteiger partial charge in [-0.3, -0.25) is 9.69 Å². The van der Waals surface area contributed by atoms with E-state index >= 15 is 0 Å². The van der Waals surface area contributed by atoms with Gasteiger partial charge < -0.3 is 4.74 Å². The summed E-state index contributed by atoms with van der Waals surface area (Å²) >= 11 is 11.8. The fourth-order valence-electron chi connectivity index (χ4n) is 4.23. The van der Waals surface area contributed by atoms with Crippen molar-refractivity contribution in [2.45, 2.75) is 25.4 Å². The van der Waals surface area contributed by atoms with Crippen molar-refractivity contribution in [3.05, 3.63) is 94.5 Å². The number of anilines is 1. The minimum atomic E-state index is -1.27. The Morgan fingerprint density at radius 1 is 1.06 bits per heavy atom. The molecular formula is C25H22ClN3O2S. The van der Waals surface area contributed by atoms with Gasteiger partial charge in [0, 0.05) is 16.3 Å². The second kappa shape index (κ2) is 8.81. The minimum absolute atomic E-state index is 0.0843. The zero-order valence-electron chi connectivity index (χ0n) is 17.9. The molecule has 0 aromatic heterocycles. The molecule has 7 heteroatoms. The third-order valence-electron chi connectivity index (χ3n) is 5.63. The molecule has 4 rings (SSSR count).